The number of ether oxygens (including phenoxy) is 1. The number of carbonyl (C=O) groups is 1. The molecule has 2 rings (SSSR count). The SMILES string of the molecule is COc1ccc(C(=O)NCC2(O)C=CCCC2)cc1F. The summed E-state index contributed by atoms with van der Waals surface area (Å²) in [5, 5.41) is 12.8. The Morgan fingerprint density at radius 2 is 2.35 bits per heavy atom. The third-order valence-electron chi connectivity index (χ3n) is 3.38. The number of methoxy groups -OCH3 is 1. The predicted octanol–water partition coefficient (Wildman–Crippen LogP) is 2.04. The molecule has 0 aliphatic heterocycles. The normalized spacial score (nSPS) is 21.6. The van der Waals surface area contributed by atoms with Gasteiger partial charge in [-0.05, 0) is 37.5 Å². The summed E-state index contributed by atoms with van der Waals surface area (Å²) in [5.41, 5.74) is -0.800. The van der Waals surface area contributed by atoms with Crippen LogP contribution in [0.4, 0.5) is 4.39 Å². The van der Waals surface area contributed by atoms with Crippen molar-refractivity contribution in [1.29, 1.82) is 0 Å². The molecule has 1 aromatic carbocycles. The molecule has 1 amide bonds. The van der Waals surface area contributed by atoms with E-state index in [1.807, 2.05) is 6.08 Å². The van der Waals surface area contributed by atoms with Gasteiger partial charge in [0.25, 0.3) is 5.91 Å². The minimum absolute atomic E-state index is 0.0930. The average molecular weight is 279 g/mol. The number of carbonyl (C=O) groups excluding carboxylic acids is 1. The van der Waals surface area contributed by atoms with Crippen molar-refractivity contribution in [2.45, 2.75) is 24.9 Å². The van der Waals surface area contributed by atoms with Crippen LogP contribution >= 0.6 is 0 Å². The minimum atomic E-state index is -1.00. The van der Waals surface area contributed by atoms with E-state index in [2.05, 4.69) is 5.32 Å². The monoisotopic (exact) mass is 279 g/mol. The van der Waals surface area contributed by atoms with E-state index in [4.69, 9.17) is 4.74 Å². The number of allylic oxidation sites excluding steroid dienone is 1. The minimum Gasteiger partial charge on any atom is -0.494 e. The summed E-state index contributed by atoms with van der Waals surface area (Å²) < 4.78 is 18.3. The first-order valence-corrected chi connectivity index (χ1v) is 6.56. The lowest BCUT2D eigenvalue weighted by atomic mass is 9.91. The Labute approximate surface area is 117 Å². The molecule has 1 aliphatic carbocycles. The third kappa shape index (κ3) is 3.36. The summed E-state index contributed by atoms with van der Waals surface area (Å²) >= 11 is 0. The first-order chi connectivity index (χ1) is 9.54. The van der Waals surface area contributed by atoms with Crippen molar-refractivity contribution in [3.63, 3.8) is 0 Å². The summed E-state index contributed by atoms with van der Waals surface area (Å²) in [4.78, 5) is 11.9. The second kappa shape index (κ2) is 6.05. The predicted molar refractivity (Wildman–Crippen MR) is 73.2 cm³/mol. The van der Waals surface area contributed by atoms with Gasteiger partial charge in [-0.2, -0.15) is 0 Å². The first-order valence-electron chi connectivity index (χ1n) is 6.56. The van der Waals surface area contributed by atoms with E-state index in [1.165, 1.54) is 19.2 Å². The highest BCUT2D eigenvalue weighted by atomic mass is 19.1. The van der Waals surface area contributed by atoms with Crippen LogP contribution in [0, 0.1) is 5.82 Å². The molecule has 0 fully saturated rings. The van der Waals surface area contributed by atoms with Crippen LogP contribution in [0.1, 0.15) is 29.6 Å². The summed E-state index contributed by atoms with van der Waals surface area (Å²) in [6.07, 6.45) is 6.06. The Morgan fingerprint density at radius 1 is 1.55 bits per heavy atom. The molecule has 4 nitrogen and oxygen atoms in total. The number of benzene rings is 1. The number of rotatable bonds is 4. The fourth-order valence-corrected chi connectivity index (χ4v) is 2.20. The molecule has 0 aromatic heterocycles. The number of hydrogen-bond donors (Lipinski definition) is 2. The maximum absolute atomic E-state index is 13.5. The Bertz CT molecular complexity index is 530. The van der Waals surface area contributed by atoms with Crippen molar-refractivity contribution in [1.82, 2.24) is 5.32 Å². The molecule has 1 atom stereocenters. The highest BCUT2D eigenvalue weighted by Gasteiger charge is 2.26. The Morgan fingerprint density at radius 3 is 2.95 bits per heavy atom. The van der Waals surface area contributed by atoms with Gasteiger partial charge in [0.15, 0.2) is 11.6 Å². The van der Waals surface area contributed by atoms with Crippen LogP contribution in [0.2, 0.25) is 0 Å². The quantitative estimate of drug-likeness (QED) is 0.829. The van der Waals surface area contributed by atoms with Gasteiger partial charge in [0, 0.05) is 5.56 Å². The van der Waals surface area contributed by atoms with Crippen molar-refractivity contribution in [3.05, 3.63) is 41.7 Å². The largest absolute Gasteiger partial charge is 0.494 e. The molecule has 2 N–H and O–H groups in total. The topological polar surface area (TPSA) is 58.6 Å². The lowest BCUT2D eigenvalue weighted by Crippen LogP contribution is -2.42. The number of hydrogen-bond acceptors (Lipinski definition) is 3. The Kier molecular flexibility index (Phi) is 4.39. The molecular formula is C15H18FNO3. The summed E-state index contributed by atoms with van der Waals surface area (Å²) in [5.74, 6) is -0.911. The molecule has 1 unspecified atom stereocenters. The van der Waals surface area contributed by atoms with E-state index in [0.29, 0.717) is 6.42 Å². The molecule has 0 bridgehead atoms. The molecule has 1 aromatic rings. The zero-order valence-corrected chi connectivity index (χ0v) is 11.4. The summed E-state index contributed by atoms with van der Waals surface area (Å²) in [6, 6.07) is 4.01. The fourth-order valence-electron chi connectivity index (χ4n) is 2.20. The average Bonchev–Trinajstić information content (AvgIpc) is 2.45. The number of halogens is 1. The van der Waals surface area contributed by atoms with Crippen molar-refractivity contribution < 1.29 is 19.0 Å². The molecule has 0 radical (unpaired) electrons. The van der Waals surface area contributed by atoms with Crippen molar-refractivity contribution in [2.24, 2.45) is 0 Å². The summed E-state index contributed by atoms with van der Waals surface area (Å²) in [6.45, 7) is 0.121. The lowest BCUT2D eigenvalue weighted by molar-refractivity contribution is 0.0660. The van der Waals surface area contributed by atoms with Gasteiger partial charge >= 0.3 is 0 Å². The van der Waals surface area contributed by atoms with E-state index in [9.17, 15) is 14.3 Å². The molecule has 0 spiro atoms. The van der Waals surface area contributed by atoms with E-state index in [0.717, 1.165) is 18.9 Å². The zero-order valence-electron chi connectivity index (χ0n) is 11.4. The van der Waals surface area contributed by atoms with E-state index < -0.39 is 17.3 Å². The van der Waals surface area contributed by atoms with Crippen LogP contribution in [0.3, 0.4) is 0 Å². The van der Waals surface area contributed by atoms with Crippen molar-refractivity contribution in [2.75, 3.05) is 13.7 Å². The van der Waals surface area contributed by atoms with Crippen LogP contribution in [-0.2, 0) is 0 Å². The van der Waals surface area contributed by atoms with E-state index in [1.54, 1.807) is 6.08 Å². The molecule has 0 saturated carbocycles. The maximum atomic E-state index is 13.5. The number of amides is 1. The molecule has 0 heterocycles. The van der Waals surface area contributed by atoms with Crippen LogP contribution < -0.4 is 10.1 Å². The Hall–Kier alpha value is -1.88. The van der Waals surface area contributed by atoms with Gasteiger partial charge in [-0.1, -0.05) is 12.2 Å². The van der Waals surface area contributed by atoms with Gasteiger partial charge in [0.05, 0.1) is 19.3 Å². The second-order valence-corrected chi connectivity index (χ2v) is 4.93. The highest BCUT2D eigenvalue weighted by molar-refractivity contribution is 5.94. The van der Waals surface area contributed by atoms with Crippen LogP contribution in [0.25, 0.3) is 0 Å². The maximum Gasteiger partial charge on any atom is 0.251 e. The van der Waals surface area contributed by atoms with Crippen LogP contribution in [-0.4, -0.2) is 30.3 Å². The fraction of sp³-hybridized carbons (Fsp3) is 0.400. The zero-order chi connectivity index (χ0) is 14.6. The molecule has 0 saturated heterocycles. The molecule has 108 valence electrons. The first kappa shape index (κ1) is 14.5. The number of nitrogens with one attached hydrogen (secondary N) is 1. The van der Waals surface area contributed by atoms with Gasteiger partial charge in [0.2, 0.25) is 0 Å². The molecule has 1 aliphatic rings. The van der Waals surface area contributed by atoms with Crippen molar-refractivity contribution in [3.8, 4) is 5.75 Å². The van der Waals surface area contributed by atoms with Gasteiger partial charge in [0.1, 0.15) is 0 Å². The van der Waals surface area contributed by atoms with Gasteiger partial charge in [-0.3, -0.25) is 4.79 Å². The smallest absolute Gasteiger partial charge is 0.251 e. The second-order valence-electron chi connectivity index (χ2n) is 4.93. The molecular weight excluding hydrogens is 261 g/mol. The highest BCUT2D eigenvalue weighted by Crippen LogP contribution is 2.21. The molecule has 5 heteroatoms. The number of aliphatic hydroxyl groups is 1. The van der Waals surface area contributed by atoms with Gasteiger partial charge < -0.3 is 15.2 Å². The lowest BCUT2D eigenvalue weighted by Gasteiger charge is -2.27. The third-order valence-corrected chi connectivity index (χ3v) is 3.38. The standard InChI is InChI=1S/C15H18FNO3/c1-20-13-6-5-11(9-12(13)16)14(18)17-10-15(19)7-3-2-4-8-15/h3,5-7,9,19H,2,4,8,10H2,1H3,(H,17,18). The Balaban J connectivity index is 2.00. The van der Waals surface area contributed by atoms with Gasteiger partial charge in [-0.15, -0.1) is 0 Å². The molecule has 20 heavy (non-hydrogen) atoms. The van der Waals surface area contributed by atoms with Gasteiger partial charge in [-0.25, -0.2) is 4.39 Å². The van der Waals surface area contributed by atoms with Crippen molar-refractivity contribution >= 4 is 5.91 Å². The van der Waals surface area contributed by atoms with E-state index >= 15 is 0 Å². The van der Waals surface area contributed by atoms with E-state index in [-0.39, 0.29) is 17.9 Å². The van der Waals surface area contributed by atoms with Crippen LogP contribution in [0.5, 0.6) is 5.75 Å². The van der Waals surface area contributed by atoms with Crippen LogP contribution in [0.15, 0.2) is 30.4 Å². The summed E-state index contributed by atoms with van der Waals surface area (Å²) in [7, 11) is 1.36.